The molecule has 0 N–H and O–H groups in total. The highest BCUT2D eigenvalue weighted by atomic mass is 15.1. The van der Waals surface area contributed by atoms with Crippen LogP contribution in [0.5, 0.6) is 0 Å². The Balaban J connectivity index is -0.000000136. The van der Waals surface area contributed by atoms with Crippen LogP contribution in [0.15, 0.2) is 0 Å². The highest BCUT2D eigenvalue weighted by Crippen LogP contribution is 2.13. The minimum absolute atomic E-state index is 0.694. The van der Waals surface area contributed by atoms with Gasteiger partial charge in [0.25, 0.3) is 0 Å². The van der Waals surface area contributed by atoms with Gasteiger partial charge < -0.3 is 14.7 Å². The van der Waals surface area contributed by atoms with Crippen molar-refractivity contribution in [3.05, 3.63) is 0 Å². The van der Waals surface area contributed by atoms with E-state index in [-0.39, 0.29) is 0 Å². The first-order valence-electron chi connectivity index (χ1n) is 9.57. The highest BCUT2D eigenvalue weighted by molar-refractivity contribution is 4.61. The van der Waals surface area contributed by atoms with Gasteiger partial charge >= 0.3 is 0 Å². The van der Waals surface area contributed by atoms with Gasteiger partial charge in [-0.3, -0.25) is 0 Å². The zero-order valence-electron chi connectivity index (χ0n) is 19.0. The molecule has 0 bridgehead atoms. The molecule has 0 aromatic heterocycles. The van der Waals surface area contributed by atoms with Crippen molar-refractivity contribution in [2.75, 3.05) is 55.4 Å². The molecule has 0 fully saturated rings. The molecule has 3 heteroatoms. The topological polar surface area (TPSA) is 9.72 Å². The molecular formula is C20H51N3. The molecule has 0 saturated carbocycles. The first-order chi connectivity index (χ1) is 10.6. The minimum atomic E-state index is 0.694. The smallest absolute Gasteiger partial charge is 0.00355 e. The molecule has 0 heterocycles. The Bertz CT molecular complexity index is 171. The monoisotopic (exact) mass is 333 g/mol. The van der Waals surface area contributed by atoms with Crippen LogP contribution in [0.4, 0.5) is 0 Å². The van der Waals surface area contributed by atoms with Crippen LogP contribution in [0.3, 0.4) is 0 Å². The molecule has 0 aliphatic rings. The van der Waals surface area contributed by atoms with Crippen LogP contribution in [0, 0.1) is 5.92 Å². The van der Waals surface area contributed by atoms with Gasteiger partial charge in [0.15, 0.2) is 0 Å². The van der Waals surface area contributed by atoms with Crippen LogP contribution in [0.25, 0.3) is 0 Å². The summed E-state index contributed by atoms with van der Waals surface area (Å²) in [6.45, 7) is 17.6. The fraction of sp³-hybridized carbons (Fsp3) is 1.00. The lowest BCUT2D eigenvalue weighted by atomic mass is 9.99. The van der Waals surface area contributed by atoms with E-state index >= 15 is 0 Å². The van der Waals surface area contributed by atoms with Crippen molar-refractivity contribution in [3.8, 4) is 0 Å². The predicted octanol–water partition coefficient (Wildman–Crippen LogP) is 4.92. The Hall–Kier alpha value is -0.120. The summed E-state index contributed by atoms with van der Waals surface area (Å²) in [5.41, 5.74) is 0. The summed E-state index contributed by atoms with van der Waals surface area (Å²) in [5.74, 6) is 0.936. The van der Waals surface area contributed by atoms with Gasteiger partial charge in [-0.1, -0.05) is 47.5 Å². The Morgan fingerprint density at radius 2 is 1.04 bits per heavy atom. The summed E-state index contributed by atoms with van der Waals surface area (Å²) in [6, 6.07) is 0.694. The van der Waals surface area contributed by atoms with E-state index < -0.39 is 0 Å². The van der Waals surface area contributed by atoms with Crippen molar-refractivity contribution in [1.82, 2.24) is 14.7 Å². The van der Waals surface area contributed by atoms with E-state index in [0.29, 0.717) is 6.04 Å². The molecule has 0 unspecified atom stereocenters. The van der Waals surface area contributed by atoms with E-state index in [0.717, 1.165) is 12.5 Å². The summed E-state index contributed by atoms with van der Waals surface area (Å²) in [6.07, 6.45) is 4.03. The Kier molecular flexibility index (Phi) is 32.2. The summed E-state index contributed by atoms with van der Waals surface area (Å²) >= 11 is 0. The molecule has 0 rings (SSSR count). The Morgan fingerprint density at radius 3 is 1.22 bits per heavy atom. The van der Waals surface area contributed by atoms with Crippen molar-refractivity contribution in [3.63, 3.8) is 0 Å². The van der Waals surface area contributed by atoms with Crippen LogP contribution in [-0.2, 0) is 0 Å². The fourth-order valence-corrected chi connectivity index (χ4v) is 1.34. The molecule has 23 heavy (non-hydrogen) atoms. The lowest BCUT2D eigenvalue weighted by Gasteiger charge is -2.23. The Morgan fingerprint density at radius 1 is 0.739 bits per heavy atom. The van der Waals surface area contributed by atoms with Gasteiger partial charge in [-0.25, -0.2) is 0 Å². The molecule has 0 aliphatic carbocycles. The van der Waals surface area contributed by atoms with Crippen molar-refractivity contribution < 1.29 is 0 Å². The molecule has 0 saturated heterocycles. The normalized spacial score (nSPS) is 10.2. The van der Waals surface area contributed by atoms with E-state index in [9.17, 15) is 0 Å². The minimum Gasteiger partial charge on any atom is -0.312 e. The largest absolute Gasteiger partial charge is 0.312 e. The van der Waals surface area contributed by atoms with Crippen LogP contribution in [0.2, 0.25) is 0 Å². The van der Waals surface area contributed by atoms with Gasteiger partial charge in [0.1, 0.15) is 0 Å². The van der Waals surface area contributed by atoms with Crippen molar-refractivity contribution >= 4 is 0 Å². The summed E-state index contributed by atoms with van der Waals surface area (Å²) < 4.78 is 0. The molecular weight excluding hydrogens is 282 g/mol. The highest BCUT2D eigenvalue weighted by Gasteiger charge is 2.07. The van der Waals surface area contributed by atoms with E-state index in [1.54, 1.807) is 0 Å². The molecule has 0 aromatic carbocycles. The maximum atomic E-state index is 2.43. The van der Waals surface area contributed by atoms with Crippen molar-refractivity contribution in [2.45, 2.75) is 73.8 Å². The molecule has 0 amide bonds. The third kappa shape index (κ3) is 39.1. The van der Waals surface area contributed by atoms with Crippen LogP contribution < -0.4 is 0 Å². The van der Waals surface area contributed by atoms with Gasteiger partial charge in [-0.15, -0.1) is 0 Å². The second-order valence-corrected chi connectivity index (χ2v) is 6.78. The van der Waals surface area contributed by atoms with Crippen LogP contribution >= 0.6 is 0 Å². The van der Waals surface area contributed by atoms with Gasteiger partial charge in [0.05, 0.1) is 0 Å². The molecule has 0 radical (unpaired) electrons. The van der Waals surface area contributed by atoms with E-state index in [1.807, 2.05) is 39.9 Å². The van der Waals surface area contributed by atoms with Gasteiger partial charge in [0, 0.05) is 6.04 Å². The fourth-order valence-electron chi connectivity index (χ4n) is 1.34. The van der Waals surface area contributed by atoms with Crippen molar-refractivity contribution in [1.29, 1.82) is 0 Å². The molecule has 3 nitrogen and oxygen atoms in total. The average molecular weight is 334 g/mol. The van der Waals surface area contributed by atoms with E-state index in [1.165, 1.54) is 25.8 Å². The second-order valence-electron chi connectivity index (χ2n) is 6.78. The van der Waals surface area contributed by atoms with Gasteiger partial charge in [-0.2, -0.15) is 0 Å². The number of hydrogen-bond donors (Lipinski definition) is 0. The molecule has 0 aromatic rings. The quantitative estimate of drug-likeness (QED) is 0.654. The van der Waals surface area contributed by atoms with Crippen LogP contribution in [-0.4, -0.2) is 76.1 Å². The standard InChI is InChI=1S/C11H25N.C4H11N.C3H9N.C2H6/c1-6-11(7-2)8-9-12(5)10(3)4;1-4-5(2)3;1-4(2)3;1-2/h10-11H,6-9H2,1-5H3;4H2,1-3H3;1-3H3;1-2H3. The van der Waals surface area contributed by atoms with E-state index in [2.05, 4.69) is 65.6 Å². The maximum absolute atomic E-state index is 2.43. The molecule has 146 valence electrons. The number of rotatable bonds is 7. The average Bonchev–Trinajstić information content (AvgIpc) is 2.49. The summed E-state index contributed by atoms with van der Waals surface area (Å²) in [4.78, 5) is 6.55. The number of hydrogen-bond acceptors (Lipinski definition) is 3. The molecule has 0 atom stereocenters. The Labute approximate surface area is 150 Å². The van der Waals surface area contributed by atoms with Crippen molar-refractivity contribution in [2.24, 2.45) is 5.92 Å². The molecule has 0 aliphatic heterocycles. The summed E-state index contributed by atoms with van der Waals surface area (Å²) in [5, 5.41) is 0. The van der Waals surface area contributed by atoms with Gasteiger partial charge in [0.2, 0.25) is 0 Å². The first-order valence-corrected chi connectivity index (χ1v) is 9.57. The lowest BCUT2D eigenvalue weighted by molar-refractivity contribution is 0.247. The maximum Gasteiger partial charge on any atom is 0.00355 e. The second kappa shape index (κ2) is 24.1. The molecule has 0 spiro atoms. The van der Waals surface area contributed by atoms with Crippen LogP contribution in [0.1, 0.15) is 67.7 Å². The zero-order chi connectivity index (χ0) is 19.4. The summed E-state index contributed by atoms with van der Waals surface area (Å²) in [7, 11) is 12.3. The first kappa shape index (κ1) is 30.7. The third-order valence-corrected chi connectivity index (χ3v) is 3.56. The zero-order valence-corrected chi connectivity index (χ0v) is 19.0. The third-order valence-electron chi connectivity index (χ3n) is 3.56. The van der Waals surface area contributed by atoms with E-state index in [4.69, 9.17) is 0 Å². The lowest BCUT2D eigenvalue weighted by Crippen LogP contribution is -2.28. The predicted molar refractivity (Wildman–Crippen MR) is 112 cm³/mol. The SMILES string of the molecule is CC.CCC(CC)CCN(C)C(C)C.CCN(C)C.CN(C)C. The number of nitrogens with zero attached hydrogens (tertiary/aromatic N) is 3. The van der Waals surface area contributed by atoms with Gasteiger partial charge in [-0.05, 0) is 81.6 Å².